The van der Waals surface area contributed by atoms with Crippen molar-refractivity contribution in [1.29, 1.82) is 0 Å². The van der Waals surface area contributed by atoms with Crippen LogP contribution in [0.3, 0.4) is 0 Å². The maximum Gasteiger partial charge on any atom is 0.247 e. The molecule has 4 nitrogen and oxygen atoms in total. The summed E-state index contributed by atoms with van der Waals surface area (Å²) < 4.78 is 40.9. The maximum absolute atomic E-state index is 15.5. The lowest BCUT2D eigenvalue weighted by Gasteiger charge is -2.28. The molecule has 0 saturated carbocycles. The summed E-state index contributed by atoms with van der Waals surface area (Å²) in [5, 5.41) is 4.61. The standard InChI is InChI=1S/C38H33N2O2P3/c41-44(35-23-11-3-12-24-35,36-25-13-4-14-26-36)39-31-32-43(33-19-7-1-8-20-33,34-21-9-2-10-22-34)40-45(42,37-27-15-5-16-28-37)38-29-17-6-18-30-38/h1-31H,32H2. The lowest BCUT2D eigenvalue weighted by molar-refractivity contribution is 0.587. The van der Waals surface area contributed by atoms with E-state index >= 15 is 4.57 Å². The second-order valence-electron chi connectivity index (χ2n) is 10.5. The van der Waals surface area contributed by atoms with Crippen molar-refractivity contribution in [2.45, 2.75) is 0 Å². The molecule has 0 atom stereocenters. The van der Waals surface area contributed by atoms with Crippen LogP contribution < -0.4 is 31.8 Å². The molecule has 0 unspecified atom stereocenters. The van der Waals surface area contributed by atoms with E-state index in [9.17, 15) is 4.57 Å². The SMILES string of the molecule is O=P(N=CCP(=NP(=O)(c1ccccc1)c1ccccc1)(c1ccccc1)c1ccccc1)(c1ccccc1)c1ccccc1. The predicted molar refractivity (Wildman–Crippen MR) is 194 cm³/mol. The largest absolute Gasteiger partial charge is 0.288 e. The molecule has 0 amide bonds. The van der Waals surface area contributed by atoms with Crippen LogP contribution in [0.2, 0.25) is 0 Å². The minimum atomic E-state index is -3.53. The summed E-state index contributed by atoms with van der Waals surface area (Å²) in [5.41, 5.74) is 0. The highest BCUT2D eigenvalue weighted by molar-refractivity contribution is 7.90. The molecule has 0 aliphatic carbocycles. The van der Waals surface area contributed by atoms with Crippen LogP contribution in [0, 0.1) is 0 Å². The van der Waals surface area contributed by atoms with E-state index in [1.54, 1.807) is 6.21 Å². The van der Waals surface area contributed by atoms with Gasteiger partial charge in [0.25, 0.3) is 0 Å². The van der Waals surface area contributed by atoms with Gasteiger partial charge in [-0.15, -0.1) is 0 Å². The molecule has 222 valence electrons. The second-order valence-corrected chi connectivity index (χ2v) is 18.8. The smallest absolute Gasteiger partial charge is 0.247 e. The van der Waals surface area contributed by atoms with Crippen LogP contribution >= 0.6 is 21.6 Å². The monoisotopic (exact) mass is 642 g/mol. The second kappa shape index (κ2) is 13.8. The van der Waals surface area contributed by atoms with Gasteiger partial charge in [-0.3, -0.25) is 9.13 Å². The summed E-state index contributed by atoms with van der Waals surface area (Å²) in [5.74, 6) is 0. The van der Waals surface area contributed by atoms with Crippen LogP contribution in [-0.2, 0) is 9.13 Å². The fourth-order valence-corrected chi connectivity index (χ4v) is 15.0. The first-order valence-corrected chi connectivity index (χ1v) is 20.0. The number of hydrogen-bond acceptors (Lipinski definition) is 2. The Bertz CT molecular complexity index is 1890. The van der Waals surface area contributed by atoms with Gasteiger partial charge in [0.05, 0.1) is 0 Å². The van der Waals surface area contributed by atoms with E-state index in [0.717, 1.165) is 10.6 Å². The summed E-state index contributed by atoms with van der Waals surface area (Å²) >= 11 is 0. The van der Waals surface area contributed by atoms with E-state index in [-0.39, 0.29) is 0 Å². The Kier molecular flexibility index (Phi) is 9.39. The molecule has 0 aliphatic rings. The van der Waals surface area contributed by atoms with Gasteiger partial charge in [0.15, 0.2) is 0 Å². The number of rotatable bonds is 10. The molecule has 0 saturated heterocycles. The van der Waals surface area contributed by atoms with Crippen molar-refractivity contribution in [3.05, 3.63) is 182 Å². The highest BCUT2D eigenvalue weighted by atomic mass is 31.2. The van der Waals surface area contributed by atoms with Crippen molar-refractivity contribution in [3.63, 3.8) is 0 Å². The third kappa shape index (κ3) is 6.42. The lowest BCUT2D eigenvalue weighted by Crippen LogP contribution is -2.22. The van der Waals surface area contributed by atoms with E-state index in [1.807, 2.05) is 158 Å². The van der Waals surface area contributed by atoms with E-state index in [1.165, 1.54) is 0 Å². The van der Waals surface area contributed by atoms with Gasteiger partial charge in [0, 0.05) is 40.6 Å². The average molecular weight is 643 g/mol. The molecule has 6 rings (SSSR count). The fourth-order valence-electron chi connectivity index (χ4n) is 5.39. The van der Waals surface area contributed by atoms with Crippen LogP contribution in [0.4, 0.5) is 0 Å². The van der Waals surface area contributed by atoms with Gasteiger partial charge in [-0.2, -0.15) is 0 Å². The van der Waals surface area contributed by atoms with Crippen molar-refractivity contribution in [3.8, 4) is 0 Å². The van der Waals surface area contributed by atoms with Gasteiger partial charge in [-0.1, -0.05) is 133 Å². The Balaban J connectivity index is 1.62. The first kappa shape index (κ1) is 30.7. The molecule has 0 radical (unpaired) electrons. The van der Waals surface area contributed by atoms with Crippen molar-refractivity contribution in [2.24, 2.45) is 9.28 Å². The molecule has 0 aliphatic heterocycles. The molecule has 6 aromatic carbocycles. The normalized spacial score (nSPS) is 12.2. The first-order chi connectivity index (χ1) is 22.0. The molecule has 0 bridgehead atoms. The average Bonchev–Trinajstić information content (AvgIpc) is 3.13. The van der Waals surface area contributed by atoms with Crippen molar-refractivity contribution >= 4 is 59.7 Å². The molecule has 45 heavy (non-hydrogen) atoms. The summed E-state index contributed by atoms with van der Waals surface area (Å²) in [6.45, 7) is 0. The Labute approximate surface area is 265 Å². The first-order valence-electron chi connectivity index (χ1n) is 14.8. The summed E-state index contributed by atoms with van der Waals surface area (Å²) in [4.78, 5) is 0. The number of benzene rings is 6. The summed E-state index contributed by atoms with van der Waals surface area (Å²) in [6.07, 6.45) is 2.12. The Morgan fingerprint density at radius 3 is 0.956 bits per heavy atom. The Morgan fingerprint density at radius 2 is 0.644 bits per heavy atom. The van der Waals surface area contributed by atoms with Crippen molar-refractivity contribution in [1.82, 2.24) is 0 Å². The van der Waals surface area contributed by atoms with E-state index in [2.05, 4.69) is 24.3 Å². The van der Waals surface area contributed by atoms with Gasteiger partial charge >= 0.3 is 0 Å². The van der Waals surface area contributed by atoms with Crippen molar-refractivity contribution in [2.75, 3.05) is 6.16 Å². The molecular weight excluding hydrogens is 609 g/mol. The van der Waals surface area contributed by atoms with Crippen LogP contribution in [0.15, 0.2) is 191 Å². The van der Waals surface area contributed by atoms with Crippen LogP contribution in [-0.4, -0.2) is 12.4 Å². The molecule has 0 fully saturated rings. The van der Waals surface area contributed by atoms with E-state index < -0.39 is 21.6 Å². The number of hydrogen-bond donors (Lipinski definition) is 0. The molecular formula is C38H33N2O2P3. The van der Waals surface area contributed by atoms with Gasteiger partial charge in [-0.05, 0) is 59.1 Å². The van der Waals surface area contributed by atoms with Gasteiger partial charge < -0.3 is 0 Å². The predicted octanol–water partition coefficient (Wildman–Crippen LogP) is 7.77. The molecule has 7 heteroatoms. The minimum Gasteiger partial charge on any atom is -0.288 e. The van der Waals surface area contributed by atoms with Gasteiger partial charge in [-0.25, -0.2) is 9.28 Å². The summed E-state index contributed by atoms with van der Waals surface area (Å²) in [7, 11) is -9.74. The van der Waals surface area contributed by atoms with E-state index in [0.29, 0.717) is 27.4 Å². The Morgan fingerprint density at radius 1 is 0.378 bits per heavy atom. The van der Waals surface area contributed by atoms with Crippen LogP contribution in [0.25, 0.3) is 0 Å². The summed E-state index contributed by atoms with van der Waals surface area (Å²) in [6, 6.07) is 58.1. The lowest BCUT2D eigenvalue weighted by atomic mass is 10.4. The zero-order chi connectivity index (χ0) is 31.0. The third-order valence-corrected chi connectivity index (χ3v) is 17.4. The molecule has 0 N–H and O–H groups in total. The molecule has 0 aromatic heterocycles. The third-order valence-electron chi connectivity index (χ3n) is 7.66. The quantitative estimate of drug-likeness (QED) is 0.113. The van der Waals surface area contributed by atoms with Gasteiger partial charge in [0.2, 0.25) is 14.6 Å². The zero-order valence-electron chi connectivity index (χ0n) is 24.7. The molecule has 6 aromatic rings. The molecule has 0 spiro atoms. The van der Waals surface area contributed by atoms with Gasteiger partial charge in [0.1, 0.15) is 0 Å². The fraction of sp³-hybridized carbons (Fsp3) is 0.0263. The molecule has 0 heterocycles. The Hall–Kier alpha value is -4.32. The van der Waals surface area contributed by atoms with Crippen LogP contribution in [0.5, 0.6) is 0 Å². The highest BCUT2D eigenvalue weighted by Gasteiger charge is 2.34. The van der Waals surface area contributed by atoms with Crippen LogP contribution in [0.1, 0.15) is 0 Å². The maximum atomic E-state index is 15.5. The topological polar surface area (TPSA) is 58.9 Å². The minimum absolute atomic E-state index is 0.342. The number of nitrogens with zero attached hydrogens (tertiary/aromatic N) is 2. The van der Waals surface area contributed by atoms with Crippen molar-refractivity contribution < 1.29 is 9.13 Å². The van der Waals surface area contributed by atoms with E-state index in [4.69, 9.17) is 9.28 Å². The zero-order valence-corrected chi connectivity index (χ0v) is 27.3. The highest BCUT2D eigenvalue weighted by Crippen LogP contribution is 2.59.